The Labute approximate surface area is 158 Å². The van der Waals surface area contributed by atoms with Crippen LogP contribution in [0.2, 0.25) is 0 Å². The Kier molecular flexibility index (Phi) is 21.3. The Hall–Kier alpha value is 0.170. The fourth-order valence-corrected chi connectivity index (χ4v) is 2.33. The van der Waals surface area contributed by atoms with Gasteiger partial charge in [-0.05, 0) is 51.4 Å². The number of carboxylic acids is 1. The van der Waals surface area contributed by atoms with Crippen molar-refractivity contribution < 1.29 is 44.6 Å². The molecule has 0 aromatic heterocycles. The van der Waals surface area contributed by atoms with Gasteiger partial charge in [0.1, 0.15) is 0 Å². The van der Waals surface area contributed by atoms with Crippen LogP contribution in [0, 0.1) is 0 Å². The number of hydrogen-bond donors (Lipinski definition) is 1. The standard InChI is InChI=1S/C18H34O3.Na/c1-2-17(19)15-13-11-9-7-5-3-4-6-8-10-12-14-16-18(20)21;/h7,9,17,19H,2-6,8,10-16H2,1H3,(H,20,21);/q;+1/p-1/b9-7+;. The van der Waals surface area contributed by atoms with Crippen LogP contribution in [0.4, 0.5) is 0 Å². The van der Waals surface area contributed by atoms with Crippen molar-refractivity contribution in [1.82, 2.24) is 0 Å². The summed E-state index contributed by atoms with van der Waals surface area (Å²) in [5, 5.41) is 19.6. The van der Waals surface area contributed by atoms with Gasteiger partial charge in [-0.1, -0.05) is 51.2 Å². The van der Waals surface area contributed by atoms with E-state index < -0.39 is 5.97 Å². The van der Waals surface area contributed by atoms with Gasteiger partial charge in [0.2, 0.25) is 0 Å². The predicted octanol–water partition coefficient (Wildman–Crippen LogP) is 0.749. The maximum absolute atomic E-state index is 10.2. The van der Waals surface area contributed by atoms with E-state index in [0.29, 0.717) is 0 Å². The van der Waals surface area contributed by atoms with Crippen molar-refractivity contribution in [3.05, 3.63) is 12.2 Å². The third kappa shape index (κ3) is 20.2. The average molecular weight is 320 g/mol. The Morgan fingerprint density at radius 2 is 1.45 bits per heavy atom. The number of allylic oxidation sites excluding steroid dienone is 2. The molecule has 3 nitrogen and oxygen atoms in total. The molecule has 0 bridgehead atoms. The second kappa shape index (κ2) is 19.2. The first-order valence-corrected chi connectivity index (χ1v) is 8.69. The van der Waals surface area contributed by atoms with Crippen molar-refractivity contribution in [3.8, 4) is 0 Å². The van der Waals surface area contributed by atoms with Crippen LogP contribution < -0.4 is 34.7 Å². The van der Waals surface area contributed by atoms with Crippen molar-refractivity contribution in [3.63, 3.8) is 0 Å². The SMILES string of the molecule is CCC(O)CCC/C=C/CCCCCCCCCC(=O)[O-].[Na+]. The number of rotatable bonds is 15. The molecule has 1 N–H and O–H groups in total. The first-order valence-electron chi connectivity index (χ1n) is 8.69. The van der Waals surface area contributed by atoms with E-state index in [0.717, 1.165) is 51.4 Å². The van der Waals surface area contributed by atoms with Crippen LogP contribution in [0.5, 0.6) is 0 Å². The zero-order chi connectivity index (χ0) is 15.8. The minimum Gasteiger partial charge on any atom is -0.550 e. The van der Waals surface area contributed by atoms with E-state index in [1.807, 2.05) is 6.92 Å². The first-order chi connectivity index (χ1) is 10.2. The molecule has 0 spiro atoms. The van der Waals surface area contributed by atoms with Gasteiger partial charge in [0, 0.05) is 5.97 Å². The monoisotopic (exact) mass is 320 g/mol. The van der Waals surface area contributed by atoms with Gasteiger partial charge in [-0.15, -0.1) is 0 Å². The van der Waals surface area contributed by atoms with E-state index in [4.69, 9.17) is 0 Å². The van der Waals surface area contributed by atoms with Crippen molar-refractivity contribution in [2.24, 2.45) is 0 Å². The number of aliphatic hydroxyl groups excluding tert-OH is 1. The predicted molar refractivity (Wildman–Crippen MR) is 85.8 cm³/mol. The zero-order valence-electron chi connectivity index (χ0n) is 14.7. The van der Waals surface area contributed by atoms with Crippen LogP contribution in [0.25, 0.3) is 0 Å². The van der Waals surface area contributed by atoms with Crippen LogP contribution in [0.15, 0.2) is 12.2 Å². The summed E-state index contributed by atoms with van der Waals surface area (Å²) in [7, 11) is 0. The molecule has 1 unspecified atom stereocenters. The molecular formula is C18H33NaO3. The van der Waals surface area contributed by atoms with E-state index in [1.165, 1.54) is 25.7 Å². The molecule has 0 aliphatic rings. The summed E-state index contributed by atoms with van der Waals surface area (Å²) in [6.07, 6.45) is 17.6. The van der Waals surface area contributed by atoms with Crippen molar-refractivity contribution in [2.45, 2.75) is 96.5 Å². The first kappa shape index (κ1) is 24.4. The van der Waals surface area contributed by atoms with Gasteiger partial charge in [0.25, 0.3) is 0 Å². The molecule has 0 saturated heterocycles. The molecule has 0 aliphatic heterocycles. The Bertz CT molecular complexity index is 267. The van der Waals surface area contributed by atoms with Crippen LogP contribution in [-0.4, -0.2) is 17.2 Å². The van der Waals surface area contributed by atoms with E-state index in [-0.39, 0.29) is 42.1 Å². The van der Waals surface area contributed by atoms with Gasteiger partial charge in [-0.25, -0.2) is 0 Å². The maximum atomic E-state index is 10.2. The molecule has 0 amide bonds. The normalized spacial score (nSPS) is 12.3. The molecule has 124 valence electrons. The Morgan fingerprint density at radius 3 is 2.00 bits per heavy atom. The van der Waals surface area contributed by atoms with E-state index >= 15 is 0 Å². The topological polar surface area (TPSA) is 60.4 Å². The molecule has 0 radical (unpaired) electrons. The molecule has 0 aromatic rings. The van der Waals surface area contributed by atoms with Gasteiger partial charge < -0.3 is 15.0 Å². The quantitative estimate of drug-likeness (QED) is 0.275. The maximum Gasteiger partial charge on any atom is 1.00 e. The van der Waals surface area contributed by atoms with E-state index in [9.17, 15) is 15.0 Å². The second-order valence-corrected chi connectivity index (χ2v) is 5.85. The molecule has 1 atom stereocenters. The van der Waals surface area contributed by atoms with Crippen molar-refractivity contribution in [1.29, 1.82) is 0 Å². The summed E-state index contributed by atoms with van der Waals surface area (Å²) < 4.78 is 0. The number of carbonyl (C=O) groups excluding carboxylic acids is 1. The molecule has 0 aromatic carbocycles. The van der Waals surface area contributed by atoms with Gasteiger partial charge in [0.15, 0.2) is 0 Å². The minimum absolute atomic E-state index is 0. The van der Waals surface area contributed by atoms with Crippen molar-refractivity contribution >= 4 is 5.97 Å². The summed E-state index contributed by atoms with van der Waals surface area (Å²) >= 11 is 0. The van der Waals surface area contributed by atoms with E-state index in [1.54, 1.807) is 0 Å². The summed E-state index contributed by atoms with van der Waals surface area (Å²) in [6, 6.07) is 0. The number of unbranched alkanes of at least 4 members (excludes halogenated alkanes) is 8. The largest absolute Gasteiger partial charge is 1.00 e. The molecular weight excluding hydrogens is 287 g/mol. The summed E-state index contributed by atoms with van der Waals surface area (Å²) in [4.78, 5) is 10.2. The molecule has 0 heterocycles. The zero-order valence-corrected chi connectivity index (χ0v) is 16.7. The van der Waals surface area contributed by atoms with Gasteiger partial charge in [-0.2, -0.15) is 0 Å². The fraction of sp³-hybridized carbons (Fsp3) is 0.833. The van der Waals surface area contributed by atoms with Gasteiger partial charge in [-0.3, -0.25) is 0 Å². The molecule has 0 saturated carbocycles. The average Bonchev–Trinajstić information content (AvgIpc) is 2.46. The van der Waals surface area contributed by atoms with Crippen LogP contribution in [-0.2, 0) is 4.79 Å². The van der Waals surface area contributed by atoms with Crippen molar-refractivity contribution in [2.75, 3.05) is 0 Å². The number of aliphatic carboxylic acids is 1. The number of hydrogen-bond acceptors (Lipinski definition) is 3. The second-order valence-electron chi connectivity index (χ2n) is 5.85. The third-order valence-electron chi connectivity index (χ3n) is 3.80. The Balaban J connectivity index is 0. The summed E-state index contributed by atoms with van der Waals surface area (Å²) in [5.74, 6) is -0.925. The van der Waals surface area contributed by atoms with Gasteiger partial charge >= 0.3 is 29.6 Å². The third-order valence-corrected chi connectivity index (χ3v) is 3.80. The fourth-order valence-electron chi connectivity index (χ4n) is 2.33. The Morgan fingerprint density at radius 1 is 0.955 bits per heavy atom. The molecule has 22 heavy (non-hydrogen) atoms. The molecule has 0 fully saturated rings. The minimum atomic E-state index is -0.925. The van der Waals surface area contributed by atoms with Gasteiger partial charge in [0.05, 0.1) is 6.10 Å². The smallest absolute Gasteiger partial charge is 0.550 e. The number of aliphatic hydroxyl groups is 1. The number of carbonyl (C=O) groups is 1. The molecule has 4 heteroatoms. The number of carboxylic acid groups (broad SMARTS) is 1. The van der Waals surface area contributed by atoms with Crippen LogP contribution in [0.3, 0.4) is 0 Å². The summed E-state index contributed by atoms with van der Waals surface area (Å²) in [5.41, 5.74) is 0. The molecule has 0 rings (SSSR count). The van der Waals surface area contributed by atoms with Crippen LogP contribution >= 0.6 is 0 Å². The van der Waals surface area contributed by atoms with E-state index in [2.05, 4.69) is 12.2 Å². The molecule has 0 aliphatic carbocycles. The summed E-state index contributed by atoms with van der Waals surface area (Å²) in [6.45, 7) is 2.02. The van der Waals surface area contributed by atoms with Crippen LogP contribution in [0.1, 0.15) is 90.4 Å².